The van der Waals surface area contributed by atoms with Gasteiger partial charge in [0, 0.05) is 23.3 Å². The van der Waals surface area contributed by atoms with Crippen molar-refractivity contribution in [1.29, 1.82) is 0 Å². The van der Waals surface area contributed by atoms with Gasteiger partial charge in [0.2, 0.25) is 0 Å². The highest BCUT2D eigenvalue weighted by Crippen LogP contribution is 2.11. The number of hydrogen-bond donors (Lipinski definition) is 2. The van der Waals surface area contributed by atoms with Gasteiger partial charge in [0.1, 0.15) is 11.4 Å². The van der Waals surface area contributed by atoms with Gasteiger partial charge in [-0.05, 0) is 6.07 Å². The summed E-state index contributed by atoms with van der Waals surface area (Å²) in [6, 6.07) is 5.79. The van der Waals surface area contributed by atoms with Gasteiger partial charge in [-0.2, -0.15) is 0 Å². The Hall–Kier alpha value is -3.07. The van der Waals surface area contributed by atoms with Crippen molar-refractivity contribution in [3.8, 4) is 0 Å². The van der Waals surface area contributed by atoms with Crippen LogP contribution in [0.1, 0.15) is 15.9 Å². The number of H-pyrrole nitrogens is 1. The number of thiazole rings is 1. The average Bonchev–Trinajstić information content (AvgIpc) is 3.06. The smallest absolute Gasteiger partial charge is 0.313 e. The molecule has 0 unspecified atom stereocenters. The summed E-state index contributed by atoms with van der Waals surface area (Å²) in [5, 5.41) is 4.45. The van der Waals surface area contributed by atoms with Crippen LogP contribution in [0, 0.1) is 5.82 Å². The first-order valence-electron chi connectivity index (χ1n) is 6.83. The number of aromatic nitrogens is 3. The molecule has 0 fully saturated rings. The lowest BCUT2D eigenvalue weighted by atomic mass is 10.2. The molecule has 2 aromatic heterocycles. The Bertz CT molecular complexity index is 994. The zero-order valence-electron chi connectivity index (χ0n) is 12.2. The minimum absolute atomic E-state index is 0.169. The molecule has 0 radical (unpaired) electrons. The summed E-state index contributed by atoms with van der Waals surface area (Å²) in [6.07, 6.45) is 2.54. The SMILES string of the molecule is O=C(Nc1nccs1)c1c[nH]c(=O)n(Cc2ccccc2F)c1=O. The van der Waals surface area contributed by atoms with E-state index in [9.17, 15) is 18.8 Å². The van der Waals surface area contributed by atoms with Crippen molar-refractivity contribution < 1.29 is 9.18 Å². The van der Waals surface area contributed by atoms with E-state index in [1.165, 1.54) is 35.7 Å². The Morgan fingerprint density at radius 2 is 2.12 bits per heavy atom. The fraction of sp³-hybridized carbons (Fsp3) is 0.0667. The second kappa shape index (κ2) is 6.59. The predicted octanol–water partition coefficient (Wildman–Crippen LogP) is 1.43. The summed E-state index contributed by atoms with van der Waals surface area (Å²) in [5.41, 5.74) is -1.63. The number of carbonyl (C=O) groups excluding carboxylic acids is 1. The third kappa shape index (κ3) is 3.15. The lowest BCUT2D eigenvalue weighted by Gasteiger charge is -2.08. The van der Waals surface area contributed by atoms with Crippen LogP contribution in [0.3, 0.4) is 0 Å². The largest absolute Gasteiger partial charge is 0.328 e. The Balaban J connectivity index is 1.96. The summed E-state index contributed by atoms with van der Waals surface area (Å²) in [5.74, 6) is -1.24. The van der Waals surface area contributed by atoms with Gasteiger partial charge in [0.05, 0.1) is 6.54 Å². The Kier molecular flexibility index (Phi) is 4.34. The number of benzene rings is 1. The van der Waals surface area contributed by atoms with Gasteiger partial charge in [-0.15, -0.1) is 11.3 Å². The van der Waals surface area contributed by atoms with Crippen molar-refractivity contribution in [2.75, 3.05) is 5.32 Å². The fourth-order valence-electron chi connectivity index (χ4n) is 2.06. The molecule has 3 rings (SSSR count). The minimum atomic E-state index is -0.809. The van der Waals surface area contributed by atoms with Crippen molar-refractivity contribution in [2.24, 2.45) is 0 Å². The molecule has 7 nitrogen and oxygen atoms in total. The van der Waals surface area contributed by atoms with Crippen molar-refractivity contribution in [3.05, 3.63) is 79.8 Å². The normalized spacial score (nSPS) is 10.5. The first-order chi connectivity index (χ1) is 11.6. The number of rotatable bonds is 4. The number of halogens is 1. The molecule has 0 bridgehead atoms. The summed E-state index contributed by atoms with van der Waals surface area (Å²) in [6.45, 7) is -0.279. The van der Waals surface area contributed by atoms with Crippen molar-refractivity contribution >= 4 is 22.4 Å². The molecule has 2 heterocycles. The van der Waals surface area contributed by atoms with E-state index in [1.807, 2.05) is 0 Å². The van der Waals surface area contributed by atoms with Gasteiger partial charge >= 0.3 is 5.69 Å². The zero-order chi connectivity index (χ0) is 17.1. The quantitative estimate of drug-likeness (QED) is 0.747. The van der Waals surface area contributed by atoms with Gasteiger partial charge in [-0.25, -0.2) is 14.2 Å². The Morgan fingerprint density at radius 1 is 1.33 bits per heavy atom. The Labute approximate surface area is 138 Å². The number of carbonyl (C=O) groups is 1. The molecule has 122 valence electrons. The van der Waals surface area contributed by atoms with Crippen LogP contribution < -0.4 is 16.6 Å². The minimum Gasteiger partial charge on any atom is -0.313 e. The molecule has 0 spiro atoms. The van der Waals surface area contributed by atoms with E-state index in [0.717, 1.165) is 10.8 Å². The molecule has 0 aliphatic heterocycles. The highest BCUT2D eigenvalue weighted by atomic mass is 32.1. The van der Waals surface area contributed by atoms with Crippen LogP contribution in [-0.4, -0.2) is 20.4 Å². The number of hydrogen-bond acceptors (Lipinski definition) is 5. The summed E-state index contributed by atoms with van der Waals surface area (Å²) >= 11 is 1.19. The molecule has 0 saturated heterocycles. The van der Waals surface area contributed by atoms with Gasteiger partial charge in [0.25, 0.3) is 11.5 Å². The molecule has 24 heavy (non-hydrogen) atoms. The average molecular weight is 346 g/mol. The maximum atomic E-state index is 13.7. The first kappa shape index (κ1) is 15.8. The van der Waals surface area contributed by atoms with Crippen LogP contribution in [0.15, 0.2) is 51.6 Å². The second-order valence-electron chi connectivity index (χ2n) is 4.78. The summed E-state index contributed by atoms with van der Waals surface area (Å²) in [7, 11) is 0. The van der Waals surface area contributed by atoms with E-state index in [4.69, 9.17) is 0 Å². The van der Waals surface area contributed by atoms with E-state index in [2.05, 4.69) is 15.3 Å². The maximum absolute atomic E-state index is 13.7. The van der Waals surface area contributed by atoms with E-state index in [1.54, 1.807) is 11.4 Å². The van der Waals surface area contributed by atoms with Crippen molar-refractivity contribution in [1.82, 2.24) is 14.5 Å². The number of nitrogens with one attached hydrogen (secondary N) is 2. The summed E-state index contributed by atoms with van der Waals surface area (Å²) < 4.78 is 14.5. The lowest BCUT2D eigenvalue weighted by molar-refractivity contribution is 0.102. The number of aromatic amines is 1. The molecule has 1 aromatic carbocycles. The third-order valence-electron chi connectivity index (χ3n) is 3.24. The molecule has 0 aliphatic rings. The molecule has 9 heteroatoms. The molecule has 0 aliphatic carbocycles. The van der Waals surface area contributed by atoms with Crippen LogP contribution in [0.2, 0.25) is 0 Å². The van der Waals surface area contributed by atoms with E-state index >= 15 is 0 Å². The first-order valence-corrected chi connectivity index (χ1v) is 7.71. The highest BCUT2D eigenvalue weighted by Gasteiger charge is 2.16. The molecule has 1 amide bonds. The molecule has 3 aromatic rings. The fourth-order valence-corrected chi connectivity index (χ4v) is 2.59. The molecular weight excluding hydrogens is 335 g/mol. The number of anilines is 1. The standard InChI is InChI=1S/C15H11FN4O3S/c16-11-4-2-1-3-9(11)8-20-13(22)10(7-18-15(20)23)12(21)19-14-17-5-6-24-14/h1-7H,8H2,(H,18,23)(H,17,19,21). The molecular formula is C15H11FN4O3S. The van der Waals surface area contributed by atoms with Crippen LogP contribution >= 0.6 is 11.3 Å². The second-order valence-corrected chi connectivity index (χ2v) is 5.68. The monoisotopic (exact) mass is 346 g/mol. The van der Waals surface area contributed by atoms with Crippen LogP contribution in [-0.2, 0) is 6.54 Å². The van der Waals surface area contributed by atoms with E-state index < -0.39 is 23.0 Å². The maximum Gasteiger partial charge on any atom is 0.328 e. The Morgan fingerprint density at radius 3 is 2.83 bits per heavy atom. The third-order valence-corrected chi connectivity index (χ3v) is 3.93. The van der Waals surface area contributed by atoms with Gasteiger partial charge in [-0.1, -0.05) is 18.2 Å². The predicted molar refractivity (Wildman–Crippen MR) is 86.9 cm³/mol. The van der Waals surface area contributed by atoms with Crippen LogP contribution in [0.4, 0.5) is 9.52 Å². The van der Waals surface area contributed by atoms with Crippen molar-refractivity contribution in [3.63, 3.8) is 0 Å². The highest BCUT2D eigenvalue weighted by molar-refractivity contribution is 7.13. The molecule has 0 saturated carbocycles. The zero-order valence-corrected chi connectivity index (χ0v) is 13.0. The molecule has 0 atom stereocenters. The molecule has 2 N–H and O–H groups in total. The van der Waals surface area contributed by atoms with Crippen LogP contribution in [0.25, 0.3) is 0 Å². The van der Waals surface area contributed by atoms with Crippen molar-refractivity contribution in [2.45, 2.75) is 6.54 Å². The lowest BCUT2D eigenvalue weighted by Crippen LogP contribution is -2.39. The van der Waals surface area contributed by atoms with Gasteiger partial charge < -0.3 is 4.98 Å². The summed E-state index contributed by atoms with van der Waals surface area (Å²) in [4.78, 5) is 42.7. The number of nitrogens with zero attached hydrogens (tertiary/aromatic N) is 2. The van der Waals surface area contributed by atoms with E-state index in [-0.39, 0.29) is 17.7 Å². The van der Waals surface area contributed by atoms with Crippen LogP contribution in [0.5, 0.6) is 0 Å². The van der Waals surface area contributed by atoms with Gasteiger partial charge in [-0.3, -0.25) is 19.5 Å². The topological polar surface area (TPSA) is 96.8 Å². The van der Waals surface area contributed by atoms with Gasteiger partial charge in [0.15, 0.2) is 5.13 Å². The number of amides is 1. The van der Waals surface area contributed by atoms with E-state index in [0.29, 0.717) is 5.13 Å².